The fourth-order valence-corrected chi connectivity index (χ4v) is 11.0. The fourth-order valence-electron chi connectivity index (χ4n) is 11.0. The van der Waals surface area contributed by atoms with Crippen molar-refractivity contribution < 1.29 is 19.7 Å². The number of hydrogen-bond acceptors (Lipinski definition) is 5. The van der Waals surface area contributed by atoms with Crippen LogP contribution in [0.4, 0.5) is 4.39 Å². The number of para-hydroxylation sites is 1. The van der Waals surface area contributed by atoms with Gasteiger partial charge in [-0.2, -0.15) is 0 Å². The number of aromatic nitrogens is 3. The van der Waals surface area contributed by atoms with Gasteiger partial charge in [-0.1, -0.05) is 57.2 Å². The Hall–Kier alpha value is -2.75. The molecule has 3 N–H and O–H groups in total. The molecular formula is C36H48FN3O5. The van der Waals surface area contributed by atoms with E-state index >= 15 is 4.39 Å². The predicted molar refractivity (Wildman–Crippen MR) is 170 cm³/mol. The van der Waals surface area contributed by atoms with E-state index in [0.29, 0.717) is 5.69 Å². The van der Waals surface area contributed by atoms with Gasteiger partial charge in [-0.3, -0.25) is 0 Å². The first-order valence-electron chi connectivity index (χ1n) is 16.7. The van der Waals surface area contributed by atoms with Gasteiger partial charge in [0.2, 0.25) is 0 Å². The Labute approximate surface area is 263 Å². The number of rotatable bonds is 5. The third kappa shape index (κ3) is 3.63. The van der Waals surface area contributed by atoms with E-state index in [2.05, 4.69) is 26.8 Å². The smallest absolute Gasteiger partial charge is 0.352 e. The molecule has 3 heterocycles. The minimum atomic E-state index is -1.89. The molecule has 0 amide bonds. The number of benzene rings is 1. The third-order valence-corrected chi connectivity index (χ3v) is 13.8. The van der Waals surface area contributed by atoms with Crippen LogP contribution in [0.3, 0.4) is 0 Å². The highest BCUT2D eigenvalue weighted by molar-refractivity contribution is 5.39. The molecule has 0 saturated heterocycles. The number of hydrogen-bond donors (Lipinski definition) is 3. The lowest BCUT2D eigenvalue weighted by atomic mass is 9.40. The Balaban J connectivity index is 1.43. The van der Waals surface area contributed by atoms with Crippen molar-refractivity contribution in [2.24, 2.45) is 34.5 Å². The Morgan fingerprint density at radius 3 is 2.31 bits per heavy atom. The van der Waals surface area contributed by atoms with Crippen molar-refractivity contribution in [2.45, 2.75) is 115 Å². The molecule has 1 aromatic heterocycles. The average molecular weight is 622 g/mol. The minimum Gasteiger partial charge on any atom is -0.393 e. The van der Waals surface area contributed by atoms with Gasteiger partial charge in [0.05, 0.1) is 34.6 Å². The molecule has 9 heteroatoms. The molecular weight excluding hydrogens is 573 g/mol. The summed E-state index contributed by atoms with van der Waals surface area (Å²) in [7, 11) is 0. The van der Waals surface area contributed by atoms with Crippen LogP contribution >= 0.6 is 0 Å². The summed E-state index contributed by atoms with van der Waals surface area (Å²) in [6.07, 6.45) is 9.73. The molecule has 2 aliphatic heterocycles. The Kier molecular flexibility index (Phi) is 6.46. The third-order valence-electron chi connectivity index (χ3n) is 13.8. The summed E-state index contributed by atoms with van der Waals surface area (Å²) in [5.41, 5.74) is -6.71. The van der Waals surface area contributed by atoms with Crippen LogP contribution in [-0.2, 0) is 11.1 Å². The van der Waals surface area contributed by atoms with Gasteiger partial charge in [-0.05, 0) is 100 Å². The van der Waals surface area contributed by atoms with Crippen LogP contribution in [0.15, 0.2) is 64.2 Å². The van der Waals surface area contributed by atoms with E-state index in [1.54, 1.807) is 21.5 Å². The topological polar surface area (TPSA) is 110 Å². The van der Waals surface area contributed by atoms with Crippen LogP contribution in [0.2, 0.25) is 0 Å². The van der Waals surface area contributed by atoms with E-state index in [1.165, 1.54) is 31.4 Å². The molecule has 2 bridgehead atoms. The lowest BCUT2D eigenvalue weighted by Gasteiger charge is -2.72. The van der Waals surface area contributed by atoms with Crippen LogP contribution in [0.1, 0.15) is 80.1 Å². The van der Waals surface area contributed by atoms with Crippen LogP contribution in [-0.4, -0.2) is 52.7 Å². The maximum absolute atomic E-state index is 15.4. The molecule has 244 valence electrons. The number of halogens is 1. The van der Waals surface area contributed by atoms with E-state index in [0.717, 1.165) is 25.7 Å². The highest BCUT2D eigenvalue weighted by atomic mass is 19.1. The normalized spacial score (nSPS) is 42.1. The van der Waals surface area contributed by atoms with Crippen molar-refractivity contribution in [3.63, 3.8) is 0 Å². The van der Waals surface area contributed by atoms with Crippen molar-refractivity contribution >= 4 is 0 Å². The van der Waals surface area contributed by atoms with Gasteiger partial charge in [0.15, 0.2) is 5.67 Å². The zero-order valence-electron chi connectivity index (χ0n) is 27.3. The largest absolute Gasteiger partial charge is 0.393 e. The van der Waals surface area contributed by atoms with Gasteiger partial charge < -0.3 is 15.3 Å². The molecule has 2 spiro atoms. The van der Waals surface area contributed by atoms with Crippen LogP contribution in [0.5, 0.6) is 0 Å². The molecule has 8 nitrogen and oxygen atoms in total. The molecule has 0 unspecified atom stereocenters. The number of fused-ring (bicyclic) bond motifs is 1. The molecule has 45 heavy (non-hydrogen) atoms. The molecule has 3 fully saturated rings. The highest BCUT2D eigenvalue weighted by Crippen LogP contribution is 2.74. The van der Waals surface area contributed by atoms with Crippen LogP contribution < -0.4 is 11.4 Å². The molecule has 2 aromatic rings. The van der Waals surface area contributed by atoms with Crippen LogP contribution in [0.25, 0.3) is 5.69 Å². The lowest BCUT2D eigenvalue weighted by Crippen LogP contribution is -2.79. The van der Waals surface area contributed by atoms with E-state index < -0.39 is 51.4 Å². The second-order valence-electron chi connectivity index (χ2n) is 16.1. The van der Waals surface area contributed by atoms with Gasteiger partial charge in [0.25, 0.3) is 0 Å². The van der Waals surface area contributed by atoms with Gasteiger partial charge >= 0.3 is 11.4 Å². The summed E-state index contributed by atoms with van der Waals surface area (Å²) in [5.74, 6) is 0.0513. The maximum atomic E-state index is 15.4. The summed E-state index contributed by atoms with van der Waals surface area (Å²) in [5, 5.41) is 33.3. The van der Waals surface area contributed by atoms with Gasteiger partial charge in [0, 0.05) is 11.8 Å². The first-order valence-corrected chi connectivity index (χ1v) is 16.7. The molecule has 1 aromatic carbocycles. The quantitative estimate of drug-likeness (QED) is 0.428. The molecule has 11 atom stereocenters. The Bertz CT molecular complexity index is 1700. The minimum absolute atomic E-state index is 0.0134. The summed E-state index contributed by atoms with van der Waals surface area (Å²) in [6, 6.07) is 8.99. The van der Waals surface area contributed by atoms with Gasteiger partial charge in [-0.15, -0.1) is 0 Å². The van der Waals surface area contributed by atoms with Crippen molar-refractivity contribution in [1.29, 1.82) is 0 Å². The van der Waals surface area contributed by atoms with E-state index in [4.69, 9.17) is 0 Å². The summed E-state index contributed by atoms with van der Waals surface area (Å²) >= 11 is 0. The molecule has 4 aliphatic carbocycles. The standard InChI is InChI=1S/C36H48FN3O5/c1-22(14-17-33(5,37)31(2,3)45)25-12-13-26-32(25,4)16-15-27-34(6)28(42)20-24(41)21-35(34)18-19-36(26,27)40-30(44)38(29(43)39(35)40)23-10-8-7-9-11-23/h7-11,14,17-19,22,24-28,41-42,45H,12-13,15-16,20-21H2,1-6H3/b17-14+/t22-,24+,25-,26-,27-,28+,32-,33-,34+,35-,36+/m1/s1. The first kappa shape index (κ1) is 30.9. The predicted octanol–water partition coefficient (Wildman–Crippen LogP) is 4.43. The SMILES string of the molecule is C[C@H](/C=C/[C@@](C)(F)C(C)(C)O)[C@H]1CC[C@@H]2[C@]1(C)CC[C@H]1[C@]23C=C[C@]2(C[C@@H](O)C[C@H](O)[C@]12C)n1c(=O)n(-c2ccccc2)c(=O)n13. The second kappa shape index (κ2) is 9.41. The van der Waals surface area contributed by atoms with Crippen molar-refractivity contribution in [1.82, 2.24) is 13.9 Å². The number of nitrogens with zero attached hydrogens (tertiary/aromatic N) is 3. The van der Waals surface area contributed by atoms with Crippen molar-refractivity contribution in [3.8, 4) is 5.69 Å². The Morgan fingerprint density at radius 1 is 0.978 bits per heavy atom. The number of aliphatic hydroxyl groups excluding tert-OH is 2. The molecule has 0 radical (unpaired) electrons. The zero-order valence-corrected chi connectivity index (χ0v) is 27.3. The van der Waals surface area contributed by atoms with E-state index in [9.17, 15) is 24.9 Å². The summed E-state index contributed by atoms with van der Waals surface area (Å²) in [6.45, 7) is 10.8. The highest BCUT2D eigenvalue weighted by Gasteiger charge is 2.76. The van der Waals surface area contributed by atoms with Crippen LogP contribution in [0, 0.1) is 34.5 Å². The van der Waals surface area contributed by atoms with Gasteiger partial charge in [0.1, 0.15) is 0 Å². The summed E-state index contributed by atoms with van der Waals surface area (Å²) in [4.78, 5) is 29.2. The number of alkyl halides is 1. The Morgan fingerprint density at radius 2 is 1.64 bits per heavy atom. The molecule has 8 rings (SSSR count). The first-order chi connectivity index (χ1) is 21.0. The zero-order chi connectivity index (χ0) is 32.5. The molecule has 6 aliphatic rings. The fraction of sp³-hybridized carbons (Fsp3) is 0.667. The lowest BCUT2D eigenvalue weighted by molar-refractivity contribution is -0.238. The number of aliphatic hydroxyl groups is 3. The second-order valence-corrected chi connectivity index (χ2v) is 16.1. The number of allylic oxidation sites excluding steroid dienone is 3. The average Bonchev–Trinajstić information content (AvgIpc) is 3.47. The van der Waals surface area contributed by atoms with E-state index in [-0.39, 0.29) is 41.9 Å². The monoisotopic (exact) mass is 621 g/mol. The van der Waals surface area contributed by atoms with Crippen molar-refractivity contribution in [3.05, 3.63) is 75.6 Å². The van der Waals surface area contributed by atoms with Gasteiger partial charge in [-0.25, -0.2) is 27.9 Å². The maximum Gasteiger partial charge on any atom is 0.352 e. The molecule has 3 saturated carbocycles. The van der Waals surface area contributed by atoms with Crippen molar-refractivity contribution in [2.75, 3.05) is 0 Å². The van der Waals surface area contributed by atoms with E-state index in [1.807, 2.05) is 30.4 Å². The summed E-state index contributed by atoms with van der Waals surface area (Å²) < 4.78 is 20.0.